The number of aromatic nitrogens is 5. The van der Waals surface area contributed by atoms with Crippen molar-refractivity contribution in [2.45, 2.75) is 39.7 Å². The van der Waals surface area contributed by atoms with E-state index in [4.69, 9.17) is 16.0 Å². The lowest BCUT2D eigenvalue weighted by atomic mass is 10.2. The van der Waals surface area contributed by atoms with Crippen molar-refractivity contribution in [1.29, 1.82) is 0 Å². The van der Waals surface area contributed by atoms with E-state index in [1.807, 2.05) is 0 Å². The molecule has 17 heteroatoms. The van der Waals surface area contributed by atoms with Gasteiger partial charge >= 0.3 is 0 Å². The van der Waals surface area contributed by atoms with Gasteiger partial charge < -0.3 is 20.0 Å². The van der Waals surface area contributed by atoms with Crippen LogP contribution in [0.15, 0.2) is 158 Å². The number of halogens is 1. The Morgan fingerprint density at radius 2 is 1.24 bits per heavy atom. The highest BCUT2D eigenvalue weighted by Crippen LogP contribution is 2.24. The molecular formula is C41H32ClN7O7S2. The lowest BCUT2D eigenvalue weighted by Crippen LogP contribution is -2.23. The van der Waals surface area contributed by atoms with Gasteiger partial charge in [-0.15, -0.1) is 0 Å². The molecule has 0 spiro atoms. The Bertz CT molecular complexity index is 2920. The number of aromatic amines is 1. The van der Waals surface area contributed by atoms with Crippen LogP contribution in [-0.4, -0.2) is 53.6 Å². The van der Waals surface area contributed by atoms with Crippen molar-refractivity contribution in [2.75, 3.05) is 0 Å². The van der Waals surface area contributed by atoms with Crippen molar-refractivity contribution >= 4 is 65.0 Å². The molecule has 3 aromatic carbocycles. The Morgan fingerprint density at radius 1 is 0.655 bits per heavy atom. The van der Waals surface area contributed by atoms with Gasteiger partial charge in [0.15, 0.2) is 16.4 Å². The number of benzene rings is 3. The summed E-state index contributed by atoms with van der Waals surface area (Å²) >= 11 is 5.82. The van der Waals surface area contributed by atoms with E-state index in [0.717, 1.165) is 27.4 Å². The predicted molar refractivity (Wildman–Crippen MR) is 214 cm³/mol. The van der Waals surface area contributed by atoms with E-state index in [-0.39, 0.29) is 50.4 Å². The van der Waals surface area contributed by atoms with Crippen LogP contribution in [0, 0.1) is 6.92 Å². The number of nitrogens with zero attached hydrogens (tertiary/aromatic N) is 4. The molecule has 0 aliphatic heterocycles. The fraction of sp³-hybridized carbons (Fsp3) is 0.0732. The number of carbonyl (C=O) groups excluding carboxylic acids is 2. The minimum Gasteiger partial charge on any atom is -0.449 e. The number of rotatable bonds is 10. The third-order valence-corrected chi connectivity index (χ3v) is 12.4. The first-order valence-electron chi connectivity index (χ1n) is 17.4. The number of fused-ring (bicyclic) bond motifs is 2. The van der Waals surface area contributed by atoms with Gasteiger partial charge in [0.1, 0.15) is 5.69 Å². The Kier molecular flexibility index (Phi) is 11.4. The molecule has 0 saturated carbocycles. The number of H-pyrrole nitrogens is 1. The lowest BCUT2D eigenvalue weighted by Gasteiger charge is -2.07. The van der Waals surface area contributed by atoms with Crippen molar-refractivity contribution in [3.05, 3.63) is 168 Å². The Hall–Kier alpha value is -6.75. The molecule has 292 valence electrons. The van der Waals surface area contributed by atoms with Crippen molar-refractivity contribution < 1.29 is 30.8 Å². The molecule has 0 radical (unpaired) electrons. The second-order valence-electron chi connectivity index (χ2n) is 12.8. The SMILES string of the molecule is Cc1cncc(S(=O)(=O)c2ccc(CNC(=O)c3cc4ccncc4o3)cc2)n1.O=C(NCc1ccc(S(=O)(=O)c2ccc(Cl)cc2)cc1)c1cc2cnccc2[nH]1. The minimum atomic E-state index is -3.75. The maximum absolute atomic E-state index is 12.7. The zero-order chi connectivity index (χ0) is 40.9. The van der Waals surface area contributed by atoms with Gasteiger partial charge in [-0.2, -0.15) is 0 Å². The minimum absolute atomic E-state index is 0.0991. The van der Waals surface area contributed by atoms with Crippen LogP contribution in [0.2, 0.25) is 5.02 Å². The van der Waals surface area contributed by atoms with E-state index in [1.54, 1.807) is 92.4 Å². The summed E-state index contributed by atoms with van der Waals surface area (Å²) in [5.41, 5.74) is 3.85. The monoisotopic (exact) mass is 833 g/mol. The third kappa shape index (κ3) is 8.94. The third-order valence-electron chi connectivity index (χ3n) is 8.72. The summed E-state index contributed by atoms with van der Waals surface area (Å²) in [4.78, 5) is 44.1. The van der Waals surface area contributed by atoms with Crippen LogP contribution in [-0.2, 0) is 32.8 Å². The molecule has 5 aromatic heterocycles. The molecule has 8 aromatic rings. The van der Waals surface area contributed by atoms with Crippen molar-refractivity contribution in [2.24, 2.45) is 0 Å². The molecule has 0 unspecified atom stereocenters. The fourth-order valence-electron chi connectivity index (χ4n) is 5.65. The number of hydrogen-bond acceptors (Lipinski definition) is 11. The number of carbonyl (C=O) groups is 2. The van der Waals surface area contributed by atoms with Gasteiger partial charge in [-0.3, -0.25) is 24.5 Å². The molecule has 8 rings (SSSR count). The van der Waals surface area contributed by atoms with E-state index in [2.05, 4.69) is 35.6 Å². The average Bonchev–Trinajstić information content (AvgIpc) is 3.88. The highest BCUT2D eigenvalue weighted by molar-refractivity contribution is 7.91. The van der Waals surface area contributed by atoms with Gasteiger partial charge in [-0.25, -0.2) is 21.8 Å². The summed E-state index contributed by atoms with van der Waals surface area (Å²) in [6.45, 7) is 2.17. The molecule has 0 bridgehead atoms. The molecule has 3 N–H and O–H groups in total. The number of aryl methyl sites for hydroxylation is 1. The summed E-state index contributed by atoms with van der Waals surface area (Å²) in [5, 5.41) is 7.59. The number of pyridine rings is 2. The first-order chi connectivity index (χ1) is 27.9. The van der Waals surface area contributed by atoms with Gasteiger partial charge in [-0.05, 0) is 90.8 Å². The summed E-state index contributed by atoms with van der Waals surface area (Å²) in [6, 6.07) is 25.6. The van der Waals surface area contributed by atoms with Crippen LogP contribution in [0.1, 0.15) is 37.9 Å². The molecular weight excluding hydrogens is 802 g/mol. The summed E-state index contributed by atoms with van der Waals surface area (Å²) in [7, 11) is -7.37. The van der Waals surface area contributed by atoms with Crippen molar-refractivity contribution in [3.8, 4) is 0 Å². The molecule has 0 atom stereocenters. The lowest BCUT2D eigenvalue weighted by molar-refractivity contribution is 0.0923. The summed E-state index contributed by atoms with van der Waals surface area (Å²) in [6.07, 6.45) is 9.21. The van der Waals surface area contributed by atoms with E-state index in [0.29, 0.717) is 22.0 Å². The highest BCUT2D eigenvalue weighted by Gasteiger charge is 2.21. The smallest absolute Gasteiger partial charge is 0.287 e. The van der Waals surface area contributed by atoms with Crippen LogP contribution in [0.5, 0.6) is 0 Å². The second-order valence-corrected chi connectivity index (χ2v) is 17.1. The Morgan fingerprint density at radius 3 is 1.86 bits per heavy atom. The number of nitrogens with one attached hydrogen (secondary N) is 3. The van der Waals surface area contributed by atoms with Crippen LogP contribution >= 0.6 is 11.6 Å². The van der Waals surface area contributed by atoms with Gasteiger partial charge in [0.05, 0.1) is 32.8 Å². The van der Waals surface area contributed by atoms with Gasteiger partial charge in [-0.1, -0.05) is 35.9 Å². The van der Waals surface area contributed by atoms with E-state index >= 15 is 0 Å². The maximum atomic E-state index is 12.7. The zero-order valence-corrected chi connectivity index (χ0v) is 32.8. The molecule has 58 heavy (non-hydrogen) atoms. The molecule has 0 fully saturated rings. The number of sulfone groups is 2. The van der Waals surface area contributed by atoms with Gasteiger partial charge in [0.25, 0.3) is 11.8 Å². The topological polar surface area (TPSA) is 207 Å². The van der Waals surface area contributed by atoms with Gasteiger partial charge in [0, 0.05) is 59.2 Å². The molecule has 5 heterocycles. The fourth-order valence-corrected chi connectivity index (χ4v) is 8.24. The summed E-state index contributed by atoms with van der Waals surface area (Å²) < 4.78 is 56.1. The summed E-state index contributed by atoms with van der Waals surface area (Å²) in [5.74, 6) is -0.433. The van der Waals surface area contributed by atoms with Crippen LogP contribution in [0.4, 0.5) is 0 Å². The number of furan rings is 1. The van der Waals surface area contributed by atoms with Crippen molar-refractivity contribution in [1.82, 2.24) is 35.6 Å². The normalized spacial score (nSPS) is 11.5. The maximum Gasteiger partial charge on any atom is 0.287 e. The largest absolute Gasteiger partial charge is 0.449 e. The molecule has 2 amide bonds. The Labute approximate surface area is 337 Å². The highest BCUT2D eigenvalue weighted by atomic mass is 35.5. The molecule has 0 aliphatic rings. The van der Waals surface area contributed by atoms with E-state index < -0.39 is 19.7 Å². The van der Waals surface area contributed by atoms with Crippen LogP contribution in [0.3, 0.4) is 0 Å². The van der Waals surface area contributed by atoms with Crippen molar-refractivity contribution in [3.63, 3.8) is 0 Å². The first kappa shape index (κ1) is 39.5. The Balaban J connectivity index is 0.000000177. The standard InChI is InChI=1S/C21H16ClN3O3S.C20H16N4O4S/c22-16-3-7-18(8-4-16)29(27,28)17-5-1-14(2-6-17)12-24-21(26)20-11-15-13-23-10-9-19(15)25-20;1-13-9-22-12-19(24-13)29(26,27)16-4-2-14(3-5-16)10-23-20(25)17-8-15-6-7-21-11-18(15)28-17/h1-11,13,25H,12H2,(H,24,26);2-9,11-12H,10H2,1H3,(H,23,25). The van der Waals surface area contributed by atoms with Gasteiger partial charge in [0.2, 0.25) is 19.7 Å². The number of hydrogen-bond donors (Lipinski definition) is 3. The van der Waals surface area contributed by atoms with E-state index in [9.17, 15) is 26.4 Å². The average molecular weight is 834 g/mol. The second kappa shape index (κ2) is 16.8. The van der Waals surface area contributed by atoms with Crippen LogP contribution in [0.25, 0.3) is 21.9 Å². The molecule has 14 nitrogen and oxygen atoms in total. The zero-order valence-electron chi connectivity index (χ0n) is 30.5. The quantitative estimate of drug-likeness (QED) is 0.133. The van der Waals surface area contributed by atoms with E-state index in [1.165, 1.54) is 48.8 Å². The number of amides is 2. The molecule has 0 saturated heterocycles. The first-order valence-corrected chi connectivity index (χ1v) is 20.8. The molecule has 0 aliphatic carbocycles. The predicted octanol–water partition coefficient (Wildman–Crippen LogP) is 6.67. The van der Waals surface area contributed by atoms with Crippen LogP contribution < -0.4 is 10.6 Å².